The van der Waals surface area contributed by atoms with E-state index in [1.54, 1.807) is 0 Å². The summed E-state index contributed by atoms with van der Waals surface area (Å²) in [7, 11) is 0. The average Bonchev–Trinajstić information content (AvgIpc) is 1.97. The standard InChI is InChI=1S/C13H29NO/c1-8-13(7,15)10-14-12(5,6)9-11(2,3)4/h14-15H,8-10H2,1-7H3. The quantitative estimate of drug-likeness (QED) is 0.739. The van der Waals surface area contributed by atoms with Gasteiger partial charge >= 0.3 is 0 Å². The lowest BCUT2D eigenvalue weighted by Gasteiger charge is -2.36. The molecule has 0 aliphatic rings. The maximum atomic E-state index is 9.92. The molecule has 0 fully saturated rings. The van der Waals surface area contributed by atoms with Crippen LogP contribution in [-0.4, -0.2) is 22.8 Å². The van der Waals surface area contributed by atoms with Crippen molar-refractivity contribution in [3.8, 4) is 0 Å². The van der Waals surface area contributed by atoms with E-state index < -0.39 is 5.60 Å². The van der Waals surface area contributed by atoms with E-state index in [1.165, 1.54) is 0 Å². The Kier molecular flexibility index (Phi) is 4.81. The lowest BCUT2D eigenvalue weighted by atomic mass is 9.81. The molecule has 1 unspecified atom stereocenters. The van der Waals surface area contributed by atoms with Gasteiger partial charge in [0.1, 0.15) is 0 Å². The highest BCUT2D eigenvalue weighted by Crippen LogP contribution is 2.27. The number of hydrogen-bond donors (Lipinski definition) is 2. The SMILES string of the molecule is CCC(C)(O)CNC(C)(C)CC(C)(C)C. The molecule has 0 saturated carbocycles. The van der Waals surface area contributed by atoms with Crippen LogP contribution in [0.5, 0.6) is 0 Å². The first kappa shape index (κ1) is 14.9. The minimum absolute atomic E-state index is 0.0808. The van der Waals surface area contributed by atoms with E-state index in [2.05, 4.69) is 39.9 Å². The molecular weight excluding hydrogens is 186 g/mol. The number of nitrogens with one attached hydrogen (secondary N) is 1. The molecular formula is C13H29NO. The molecule has 0 amide bonds. The van der Waals surface area contributed by atoms with Crippen molar-refractivity contribution in [3.63, 3.8) is 0 Å². The summed E-state index contributed by atoms with van der Waals surface area (Å²) >= 11 is 0. The second kappa shape index (κ2) is 4.84. The van der Waals surface area contributed by atoms with Crippen LogP contribution in [0, 0.1) is 5.41 Å². The maximum absolute atomic E-state index is 9.92. The van der Waals surface area contributed by atoms with Crippen molar-refractivity contribution in [2.75, 3.05) is 6.54 Å². The molecule has 0 aliphatic carbocycles. The average molecular weight is 215 g/mol. The summed E-state index contributed by atoms with van der Waals surface area (Å²) in [5.41, 5.74) is -0.193. The number of β-amino-alcohol motifs (C(OH)–C–C–N with tert-alkyl or cyclic N) is 1. The summed E-state index contributed by atoms with van der Waals surface area (Å²) in [5.74, 6) is 0. The van der Waals surface area contributed by atoms with Gasteiger partial charge in [0.05, 0.1) is 5.60 Å². The van der Waals surface area contributed by atoms with Gasteiger partial charge in [-0.15, -0.1) is 0 Å². The fourth-order valence-electron chi connectivity index (χ4n) is 1.94. The maximum Gasteiger partial charge on any atom is 0.0741 e. The van der Waals surface area contributed by atoms with Crippen molar-refractivity contribution in [2.24, 2.45) is 5.41 Å². The molecule has 2 N–H and O–H groups in total. The second-order valence-electron chi connectivity index (χ2n) is 6.83. The molecule has 0 aromatic carbocycles. The van der Waals surface area contributed by atoms with Gasteiger partial charge in [-0.05, 0) is 39.0 Å². The second-order valence-corrected chi connectivity index (χ2v) is 6.83. The van der Waals surface area contributed by atoms with Gasteiger partial charge in [-0.1, -0.05) is 27.7 Å². The fourth-order valence-corrected chi connectivity index (χ4v) is 1.94. The Morgan fingerprint density at radius 3 is 1.80 bits per heavy atom. The van der Waals surface area contributed by atoms with Crippen LogP contribution < -0.4 is 5.32 Å². The highest BCUT2D eigenvalue weighted by atomic mass is 16.3. The monoisotopic (exact) mass is 215 g/mol. The zero-order chi connectivity index (χ0) is 12.3. The van der Waals surface area contributed by atoms with Crippen LogP contribution in [0.2, 0.25) is 0 Å². The predicted molar refractivity (Wildman–Crippen MR) is 67.1 cm³/mol. The normalized spacial score (nSPS) is 17.6. The molecule has 2 nitrogen and oxygen atoms in total. The van der Waals surface area contributed by atoms with E-state index in [4.69, 9.17) is 0 Å². The van der Waals surface area contributed by atoms with Crippen molar-refractivity contribution in [3.05, 3.63) is 0 Å². The number of aliphatic hydroxyl groups is 1. The van der Waals surface area contributed by atoms with Gasteiger partial charge in [-0.3, -0.25) is 0 Å². The third-order valence-electron chi connectivity index (χ3n) is 2.68. The summed E-state index contributed by atoms with van der Waals surface area (Å²) in [6, 6.07) is 0. The third-order valence-corrected chi connectivity index (χ3v) is 2.68. The summed E-state index contributed by atoms with van der Waals surface area (Å²) < 4.78 is 0. The van der Waals surface area contributed by atoms with Crippen LogP contribution in [0.25, 0.3) is 0 Å². The van der Waals surface area contributed by atoms with Crippen molar-refractivity contribution < 1.29 is 5.11 Å². The predicted octanol–water partition coefficient (Wildman–Crippen LogP) is 2.95. The molecule has 0 saturated heterocycles. The molecule has 0 rings (SSSR count). The lowest BCUT2D eigenvalue weighted by Crippen LogP contribution is -2.49. The minimum atomic E-state index is -0.588. The van der Waals surface area contributed by atoms with Crippen LogP contribution in [0.4, 0.5) is 0 Å². The number of rotatable bonds is 5. The zero-order valence-electron chi connectivity index (χ0n) is 11.6. The molecule has 0 heterocycles. The smallest absolute Gasteiger partial charge is 0.0741 e. The zero-order valence-corrected chi connectivity index (χ0v) is 11.6. The Labute approximate surface area is 95.5 Å². The van der Waals surface area contributed by atoms with Crippen LogP contribution >= 0.6 is 0 Å². The van der Waals surface area contributed by atoms with Gasteiger partial charge < -0.3 is 10.4 Å². The Hall–Kier alpha value is -0.0800. The van der Waals surface area contributed by atoms with Crippen molar-refractivity contribution in [1.29, 1.82) is 0 Å². The Morgan fingerprint density at radius 1 is 1.00 bits per heavy atom. The van der Waals surface area contributed by atoms with Crippen molar-refractivity contribution in [2.45, 2.75) is 72.4 Å². The molecule has 0 aromatic heterocycles. The summed E-state index contributed by atoms with van der Waals surface area (Å²) in [6.45, 7) is 15.7. The van der Waals surface area contributed by atoms with E-state index >= 15 is 0 Å². The van der Waals surface area contributed by atoms with E-state index in [-0.39, 0.29) is 5.54 Å². The van der Waals surface area contributed by atoms with Gasteiger partial charge in [0.25, 0.3) is 0 Å². The van der Waals surface area contributed by atoms with Gasteiger partial charge in [0.15, 0.2) is 0 Å². The molecule has 1 atom stereocenters. The first-order valence-corrected chi connectivity index (χ1v) is 5.95. The minimum Gasteiger partial charge on any atom is -0.389 e. The van der Waals surface area contributed by atoms with Gasteiger partial charge in [-0.2, -0.15) is 0 Å². The van der Waals surface area contributed by atoms with E-state index in [0.717, 1.165) is 12.8 Å². The van der Waals surface area contributed by atoms with E-state index in [9.17, 15) is 5.11 Å². The first-order valence-electron chi connectivity index (χ1n) is 5.95. The molecule has 0 radical (unpaired) electrons. The highest BCUT2D eigenvalue weighted by Gasteiger charge is 2.27. The molecule has 0 aromatic rings. The van der Waals surface area contributed by atoms with Gasteiger partial charge in [0.2, 0.25) is 0 Å². The Morgan fingerprint density at radius 2 is 1.47 bits per heavy atom. The molecule has 2 heteroatoms. The molecule has 15 heavy (non-hydrogen) atoms. The summed E-state index contributed by atoms with van der Waals surface area (Å²) in [5, 5.41) is 13.4. The van der Waals surface area contributed by atoms with E-state index in [1.807, 2.05) is 13.8 Å². The lowest BCUT2D eigenvalue weighted by molar-refractivity contribution is 0.0449. The van der Waals surface area contributed by atoms with Crippen LogP contribution in [0.1, 0.15) is 61.3 Å². The van der Waals surface area contributed by atoms with E-state index in [0.29, 0.717) is 12.0 Å². The summed E-state index contributed by atoms with van der Waals surface area (Å²) in [6.07, 6.45) is 1.88. The Bertz CT molecular complexity index is 189. The molecule has 92 valence electrons. The van der Waals surface area contributed by atoms with Gasteiger partial charge in [-0.25, -0.2) is 0 Å². The van der Waals surface area contributed by atoms with Crippen LogP contribution in [0.3, 0.4) is 0 Å². The molecule has 0 bridgehead atoms. The molecule has 0 spiro atoms. The molecule has 0 aliphatic heterocycles. The van der Waals surface area contributed by atoms with Crippen molar-refractivity contribution in [1.82, 2.24) is 5.32 Å². The first-order chi connectivity index (χ1) is 6.47. The largest absolute Gasteiger partial charge is 0.389 e. The van der Waals surface area contributed by atoms with Crippen LogP contribution in [-0.2, 0) is 0 Å². The summed E-state index contributed by atoms with van der Waals surface area (Å²) in [4.78, 5) is 0. The highest BCUT2D eigenvalue weighted by molar-refractivity contribution is 4.86. The third kappa shape index (κ3) is 7.80. The number of hydrogen-bond acceptors (Lipinski definition) is 2. The van der Waals surface area contributed by atoms with Crippen LogP contribution in [0.15, 0.2) is 0 Å². The fraction of sp³-hybridized carbons (Fsp3) is 1.00. The van der Waals surface area contributed by atoms with Gasteiger partial charge in [0, 0.05) is 12.1 Å². The topological polar surface area (TPSA) is 32.3 Å². The Balaban J connectivity index is 4.16. The van der Waals surface area contributed by atoms with Crippen molar-refractivity contribution >= 4 is 0 Å².